The minimum atomic E-state index is -3.59. The molecule has 1 aromatic heterocycles. The van der Waals surface area contributed by atoms with Gasteiger partial charge in [-0.25, -0.2) is 8.42 Å². The maximum Gasteiger partial charge on any atom is 0.246 e. The number of hydrogen-bond acceptors (Lipinski definition) is 5. The van der Waals surface area contributed by atoms with Gasteiger partial charge in [0.1, 0.15) is 16.4 Å². The summed E-state index contributed by atoms with van der Waals surface area (Å²) >= 11 is 0. The van der Waals surface area contributed by atoms with Crippen molar-refractivity contribution in [3.05, 3.63) is 17.6 Å². The Morgan fingerprint density at radius 2 is 2.10 bits per heavy atom. The van der Waals surface area contributed by atoms with Crippen molar-refractivity contribution in [3.8, 4) is 0 Å². The summed E-state index contributed by atoms with van der Waals surface area (Å²) < 4.78 is 43.4. The van der Waals surface area contributed by atoms with Crippen LogP contribution in [-0.2, 0) is 19.5 Å². The van der Waals surface area contributed by atoms with Gasteiger partial charge < -0.3 is 13.9 Å². The van der Waals surface area contributed by atoms with E-state index in [-0.39, 0.29) is 17.5 Å². The molecule has 1 fully saturated rings. The lowest BCUT2D eigenvalue weighted by Crippen LogP contribution is -2.55. The lowest BCUT2D eigenvalue weighted by molar-refractivity contribution is -0.135. The molecule has 0 aromatic carbocycles. The van der Waals surface area contributed by atoms with E-state index in [1.807, 2.05) is 13.8 Å². The topological polar surface area (TPSA) is 69.0 Å². The predicted octanol–water partition coefficient (Wildman–Crippen LogP) is 1.71. The highest BCUT2D eigenvalue weighted by Gasteiger charge is 2.40. The molecule has 21 heavy (non-hydrogen) atoms. The van der Waals surface area contributed by atoms with Gasteiger partial charge >= 0.3 is 0 Å². The van der Waals surface area contributed by atoms with Gasteiger partial charge in [0.15, 0.2) is 0 Å². The van der Waals surface area contributed by atoms with Crippen molar-refractivity contribution in [3.63, 3.8) is 0 Å². The van der Waals surface area contributed by atoms with E-state index in [9.17, 15) is 8.42 Å². The van der Waals surface area contributed by atoms with Crippen molar-refractivity contribution in [2.24, 2.45) is 0 Å². The summed E-state index contributed by atoms with van der Waals surface area (Å²) in [5.41, 5.74) is -0.554. The summed E-state index contributed by atoms with van der Waals surface area (Å²) in [4.78, 5) is 0.230. The Kier molecular flexibility index (Phi) is 4.49. The fourth-order valence-corrected chi connectivity index (χ4v) is 4.54. The Bertz CT molecular complexity index is 605. The first-order valence-electron chi connectivity index (χ1n) is 6.89. The summed E-state index contributed by atoms with van der Waals surface area (Å²) in [6.45, 7) is 8.11. The highest BCUT2D eigenvalue weighted by Crippen LogP contribution is 2.29. The van der Waals surface area contributed by atoms with Crippen molar-refractivity contribution >= 4 is 10.0 Å². The molecule has 1 atom stereocenters. The van der Waals surface area contributed by atoms with E-state index in [0.29, 0.717) is 24.7 Å². The third-order valence-electron chi connectivity index (χ3n) is 3.42. The Morgan fingerprint density at radius 3 is 2.62 bits per heavy atom. The summed E-state index contributed by atoms with van der Waals surface area (Å²) in [6, 6.07) is 1.57. The van der Waals surface area contributed by atoms with Crippen LogP contribution in [0, 0.1) is 13.8 Å². The minimum absolute atomic E-state index is 0.230. The summed E-state index contributed by atoms with van der Waals surface area (Å²) in [5.74, 6) is 1.01. The van der Waals surface area contributed by atoms with E-state index in [4.69, 9.17) is 13.9 Å². The number of rotatable bonds is 4. The van der Waals surface area contributed by atoms with Crippen LogP contribution in [0.2, 0.25) is 0 Å². The van der Waals surface area contributed by atoms with Crippen LogP contribution in [0.3, 0.4) is 0 Å². The van der Waals surface area contributed by atoms with E-state index >= 15 is 0 Å². The number of furan rings is 1. The van der Waals surface area contributed by atoms with Gasteiger partial charge in [-0.1, -0.05) is 0 Å². The Balaban J connectivity index is 2.32. The number of aryl methyl sites for hydroxylation is 2. The van der Waals surface area contributed by atoms with E-state index in [1.165, 1.54) is 4.31 Å². The zero-order chi connectivity index (χ0) is 15.8. The van der Waals surface area contributed by atoms with Crippen LogP contribution >= 0.6 is 0 Å². The van der Waals surface area contributed by atoms with Crippen molar-refractivity contribution < 1.29 is 22.3 Å². The highest BCUT2D eigenvalue weighted by molar-refractivity contribution is 7.89. The van der Waals surface area contributed by atoms with Crippen LogP contribution in [0.15, 0.2) is 15.4 Å². The summed E-state index contributed by atoms with van der Waals surface area (Å²) in [7, 11) is -2.01. The summed E-state index contributed by atoms with van der Waals surface area (Å²) in [6.07, 6.45) is -0.276. The molecule has 2 heterocycles. The molecule has 1 aliphatic rings. The first-order chi connectivity index (χ1) is 9.65. The molecule has 1 saturated heterocycles. The second kappa shape index (κ2) is 5.72. The van der Waals surface area contributed by atoms with Crippen molar-refractivity contribution in [2.45, 2.75) is 44.3 Å². The predicted molar refractivity (Wildman–Crippen MR) is 77.8 cm³/mol. The van der Waals surface area contributed by atoms with Gasteiger partial charge in [-0.15, -0.1) is 0 Å². The van der Waals surface area contributed by atoms with Gasteiger partial charge in [0, 0.05) is 20.2 Å². The molecule has 0 N–H and O–H groups in total. The molecule has 0 aliphatic carbocycles. The first kappa shape index (κ1) is 16.5. The number of sulfonamides is 1. The maximum absolute atomic E-state index is 12.8. The smallest absolute Gasteiger partial charge is 0.246 e. The van der Waals surface area contributed by atoms with Crippen LogP contribution in [-0.4, -0.2) is 51.2 Å². The molecular weight excluding hydrogens is 294 g/mol. The highest BCUT2D eigenvalue weighted by atomic mass is 32.2. The average Bonchev–Trinajstić information content (AvgIpc) is 2.67. The monoisotopic (exact) mass is 317 g/mol. The third kappa shape index (κ3) is 3.48. The second-order valence-corrected chi connectivity index (χ2v) is 7.94. The largest absolute Gasteiger partial charge is 0.465 e. The molecule has 0 amide bonds. The molecule has 0 saturated carbocycles. The van der Waals surface area contributed by atoms with Crippen molar-refractivity contribution in [1.29, 1.82) is 0 Å². The Hall–Kier alpha value is -0.890. The number of hydrogen-bond donors (Lipinski definition) is 0. The fraction of sp³-hybridized carbons (Fsp3) is 0.714. The number of morpholine rings is 1. The Labute approximate surface area is 126 Å². The number of methoxy groups -OCH3 is 1. The number of ether oxygens (including phenoxy) is 2. The van der Waals surface area contributed by atoms with Gasteiger partial charge in [-0.3, -0.25) is 0 Å². The SMILES string of the molecule is COC[C@H]1CN(S(=O)(=O)c2cc(C)oc2C)CC(C)(C)O1. The van der Waals surface area contributed by atoms with Gasteiger partial charge in [0.05, 0.1) is 18.3 Å². The zero-order valence-corrected chi connectivity index (χ0v) is 14.0. The van der Waals surface area contributed by atoms with Crippen molar-refractivity contribution in [2.75, 3.05) is 26.8 Å². The lowest BCUT2D eigenvalue weighted by atomic mass is 10.1. The fourth-order valence-electron chi connectivity index (χ4n) is 2.70. The maximum atomic E-state index is 12.8. The van der Waals surface area contributed by atoms with E-state index in [1.54, 1.807) is 27.0 Å². The molecule has 0 spiro atoms. The standard InChI is InChI=1S/C14H23NO5S/c1-10-6-13(11(2)19-10)21(16,17)15-7-12(8-18-5)20-14(3,4)9-15/h6,12H,7-9H2,1-5H3/t12-/m1/s1. The molecule has 7 heteroatoms. The molecular formula is C14H23NO5S. The van der Waals surface area contributed by atoms with E-state index in [2.05, 4.69) is 0 Å². The van der Waals surface area contributed by atoms with Crippen LogP contribution in [0.5, 0.6) is 0 Å². The second-order valence-electron chi connectivity index (χ2n) is 6.03. The Morgan fingerprint density at radius 1 is 1.43 bits per heavy atom. The van der Waals surface area contributed by atoms with Crippen molar-refractivity contribution in [1.82, 2.24) is 4.31 Å². The molecule has 1 aliphatic heterocycles. The van der Waals surface area contributed by atoms with Crippen LogP contribution in [0.25, 0.3) is 0 Å². The van der Waals surface area contributed by atoms with Gasteiger partial charge in [-0.2, -0.15) is 4.31 Å². The normalized spacial score (nSPS) is 23.4. The molecule has 0 unspecified atom stereocenters. The molecule has 2 rings (SSSR count). The quantitative estimate of drug-likeness (QED) is 0.845. The van der Waals surface area contributed by atoms with Crippen LogP contribution in [0.4, 0.5) is 0 Å². The third-order valence-corrected chi connectivity index (χ3v) is 5.34. The molecule has 1 aromatic rings. The molecule has 120 valence electrons. The summed E-state index contributed by atoms with van der Waals surface area (Å²) in [5, 5.41) is 0. The minimum Gasteiger partial charge on any atom is -0.465 e. The average molecular weight is 317 g/mol. The first-order valence-corrected chi connectivity index (χ1v) is 8.33. The van der Waals surface area contributed by atoms with Gasteiger partial charge in [0.25, 0.3) is 0 Å². The molecule has 6 nitrogen and oxygen atoms in total. The van der Waals surface area contributed by atoms with E-state index in [0.717, 1.165) is 0 Å². The molecule has 0 bridgehead atoms. The van der Waals surface area contributed by atoms with Crippen LogP contribution < -0.4 is 0 Å². The number of nitrogens with zero attached hydrogens (tertiary/aromatic N) is 1. The molecule has 0 radical (unpaired) electrons. The van der Waals surface area contributed by atoms with Gasteiger partial charge in [-0.05, 0) is 33.8 Å². The zero-order valence-electron chi connectivity index (χ0n) is 13.2. The van der Waals surface area contributed by atoms with Gasteiger partial charge in [0.2, 0.25) is 10.0 Å². The van der Waals surface area contributed by atoms with E-state index < -0.39 is 15.6 Å². The van der Waals surface area contributed by atoms with Crippen LogP contribution in [0.1, 0.15) is 25.4 Å². The lowest BCUT2D eigenvalue weighted by Gasteiger charge is -2.41.